The Hall–Kier alpha value is -0.0900. The fourth-order valence-corrected chi connectivity index (χ4v) is 1.79. The van der Waals surface area contributed by atoms with Crippen molar-refractivity contribution in [3.63, 3.8) is 0 Å². The molecule has 0 amide bonds. The molecule has 0 spiro atoms. The van der Waals surface area contributed by atoms with Crippen LogP contribution in [0, 0.1) is 7.11 Å². The molecule has 0 aliphatic heterocycles. The van der Waals surface area contributed by atoms with Crippen LogP contribution in [0.3, 0.4) is 0 Å². The van der Waals surface area contributed by atoms with E-state index in [0.29, 0.717) is 6.42 Å². The topological polar surface area (TPSA) is 43.4 Å². The van der Waals surface area contributed by atoms with E-state index in [1.165, 1.54) is 19.3 Å². The molecule has 79 valence electrons. The van der Waals surface area contributed by atoms with Gasteiger partial charge < -0.3 is 0 Å². The van der Waals surface area contributed by atoms with Gasteiger partial charge in [0.1, 0.15) is 0 Å². The highest BCUT2D eigenvalue weighted by molar-refractivity contribution is 7.86. The highest BCUT2D eigenvalue weighted by atomic mass is 32.2. The first-order chi connectivity index (χ1) is 6.12. The third-order valence-electron chi connectivity index (χ3n) is 1.93. The maximum absolute atomic E-state index is 10.8. The van der Waals surface area contributed by atoms with Crippen molar-refractivity contribution in [2.75, 3.05) is 5.75 Å². The third kappa shape index (κ3) is 8.25. The normalized spacial score (nSPS) is 11.8. The van der Waals surface area contributed by atoms with Gasteiger partial charge in [0.15, 0.2) is 0 Å². The average Bonchev–Trinajstić information content (AvgIpc) is 2.11. The van der Waals surface area contributed by atoms with Crippen LogP contribution < -0.4 is 0 Å². The van der Waals surface area contributed by atoms with Crippen molar-refractivity contribution >= 4 is 10.1 Å². The summed E-state index contributed by atoms with van der Waals surface area (Å²) in [6.45, 7) is 2.15. The largest absolute Gasteiger partial charge is 0.268 e. The van der Waals surface area contributed by atoms with Gasteiger partial charge in [-0.1, -0.05) is 39.0 Å². The molecule has 0 N–H and O–H groups in total. The SMILES string of the molecule is [CH2]OS(=O)(=O)CCCCCCCC. The molecule has 0 aromatic carbocycles. The van der Waals surface area contributed by atoms with E-state index in [1.54, 1.807) is 0 Å². The predicted molar refractivity (Wildman–Crippen MR) is 53.6 cm³/mol. The van der Waals surface area contributed by atoms with Gasteiger partial charge in [-0.15, -0.1) is 0 Å². The van der Waals surface area contributed by atoms with Gasteiger partial charge in [0, 0.05) is 0 Å². The molecule has 0 unspecified atom stereocenters. The maximum atomic E-state index is 10.8. The quantitative estimate of drug-likeness (QED) is 0.453. The minimum Gasteiger partial charge on any atom is -0.268 e. The summed E-state index contributed by atoms with van der Waals surface area (Å²) in [5.74, 6) is 0.0998. The molecule has 0 aromatic heterocycles. The molecule has 0 rings (SSSR count). The molecule has 3 nitrogen and oxygen atoms in total. The summed E-state index contributed by atoms with van der Waals surface area (Å²) in [7, 11) is -0.426. The van der Waals surface area contributed by atoms with Gasteiger partial charge in [0.25, 0.3) is 10.1 Å². The summed E-state index contributed by atoms with van der Waals surface area (Å²) < 4.78 is 25.7. The zero-order valence-corrected chi connectivity index (χ0v) is 9.11. The number of rotatable bonds is 8. The van der Waals surface area contributed by atoms with Crippen LogP contribution in [0.2, 0.25) is 0 Å². The molecule has 0 heterocycles. The molecule has 0 saturated heterocycles. The van der Waals surface area contributed by atoms with E-state index in [9.17, 15) is 8.42 Å². The van der Waals surface area contributed by atoms with Gasteiger partial charge in [-0.3, -0.25) is 4.18 Å². The molecule has 0 bridgehead atoms. The fourth-order valence-electron chi connectivity index (χ4n) is 1.12. The molecule has 0 aliphatic rings. The second-order valence-corrected chi connectivity index (χ2v) is 4.91. The van der Waals surface area contributed by atoms with Crippen molar-refractivity contribution in [1.82, 2.24) is 0 Å². The lowest BCUT2D eigenvalue weighted by Gasteiger charge is -2.00. The first-order valence-corrected chi connectivity index (χ1v) is 6.36. The molecule has 1 radical (unpaired) electrons. The highest BCUT2D eigenvalue weighted by Gasteiger charge is 2.06. The standard InChI is InChI=1S/C9H19O3S/c1-3-4-5-6-7-8-9-13(10,11)12-2/h2-9H2,1H3. The maximum Gasteiger partial charge on any atom is 0.267 e. The summed E-state index contributed by atoms with van der Waals surface area (Å²) in [5.41, 5.74) is 0. The van der Waals surface area contributed by atoms with Crippen LogP contribution in [0.5, 0.6) is 0 Å². The third-order valence-corrected chi connectivity index (χ3v) is 3.08. The lowest BCUT2D eigenvalue weighted by atomic mass is 10.1. The summed E-state index contributed by atoms with van der Waals surface area (Å²) in [6, 6.07) is 0. The van der Waals surface area contributed by atoms with Gasteiger partial charge in [-0.2, -0.15) is 8.42 Å². The van der Waals surface area contributed by atoms with Crippen LogP contribution in [0.1, 0.15) is 45.4 Å². The Bertz CT molecular complexity index is 197. The van der Waals surface area contributed by atoms with Gasteiger partial charge in [0.05, 0.1) is 12.9 Å². The zero-order valence-electron chi connectivity index (χ0n) is 8.29. The van der Waals surface area contributed by atoms with Gasteiger partial charge in [-0.05, 0) is 6.42 Å². The molecule has 0 saturated carbocycles. The molecule has 0 atom stereocenters. The summed E-state index contributed by atoms with van der Waals surface area (Å²) >= 11 is 0. The lowest BCUT2D eigenvalue weighted by molar-refractivity contribution is 0.435. The first kappa shape index (κ1) is 12.9. The van der Waals surface area contributed by atoms with Crippen molar-refractivity contribution in [3.05, 3.63) is 7.11 Å². The Labute approximate surface area is 81.6 Å². The molecule has 0 aliphatic carbocycles. The van der Waals surface area contributed by atoms with Crippen molar-refractivity contribution in [1.29, 1.82) is 0 Å². The zero-order chi connectivity index (χ0) is 10.2. The summed E-state index contributed by atoms with van der Waals surface area (Å²) in [5, 5.41) is 0. The van der Waals surface area contributed by atoms with Gasteiger partial charge >= 0.3 is 0 Å². The lowest BCUT2D eigenvalue weighted by Crippen LogP contribution is -2.06. The average molecular weight is 207 g/mol. The molecule has 0 aromatic rings. The summed E-state index contributed by atoms with van der Waals surface area (Å²) in [4.78, 5) is 0. The van der Waals surface area contributed by atoms with E-state index in [4.69, 9.17) is 0 Å². The monoisotopic (exact) mass is 207 g/mol. The van der Waals surface area contributed by atoms with Crippen molar-refractivity contribution in [2.45, 2.75) is 45.4 Å². The Morgan fingerprint density at radius 3 is 2.15 bits per heavy atom. The van der Waals surface area contributed by atoms with Crippen molar-refractivity contribution in [2.24, 2.45) is 0 Å². The van der Waals surface area contributed by atoms with Gasteiger partial charge in [0.2, 0.25) is 0 Å². The van der Waals surface area contributed by atoms with Crippen LogP contribution in [0.15, 0.2) is 0 Å². The summed E-state index contributed by atoms with van der Waals surface area (Å²) in [6.07, 6.45) is 6.39. The second kappa shape index (κ2) is 7.33. The Morgan fingerprint density at radius 1 is 1.08 bits per heavy atom. The van der Waals surface area contributed by atoms with E-state index in [2.05, 4.69) is 18.2 Å². The van der Waals surface area contributed by atoms with Crippen LogP contribution >= 0.6 is 0 Å². The molecule has 4 heteroatoms. The fraction of sp³-hybridized carbons (Fsp3) is 0.889. The second-order valence-electron chi connectivity index (χ2n) is 3.15. The molecular weight excluding hydrogens is 188 g/mol. The highest BCUT2D eigenvalue weighted by Crippen LogP contribution is 2.06. The van der Waals surface area contributed by atoms with Crippen LogP contribution in [0.25, 0.3) is 0 Å². The number of unbranched alkanes of at least 4 members (excludes halogenated alkanes) is 5. The van der Waals surface area contributed by atoms with Crippen LogP contribution in [-0.4, -0.2) is 14.2 Å². The Balaban J connectivity index is 3.26. The van der Waals surface area contributed by atoms with E-state index in [0.717, 1.165) is 12.8 Å². The number of hydrogen-bond acceptors (Lipinski definition) is 3. The van der Waals surface area contributed by atoms with E-state index in [-0.39, 0.29) is 5.75 Å². The predicted octanol–water partition coefficient (Wildman–Crippen LogP) is 2.48. The van der Waals surface area contributed by atoms with Crippen molar-refractivity contribution < 1.29 is 12.6 Å². The molecular formula is C9H19O3S. The van der Waals surface area contributed by atoms with Crippen LogP contribution in [0.4, 0.5) is 0 Å². The molecule has 0 fully saturated rings. The smallest absolute Gasteiger partial charge is 0.267 e. The van der Waals surface area contributed by atoms with Crippen molar-refractivity contribution in [3.8, 4) is 0 Å². The first-order valence-electron chi connectivity index (χ1n) is 4.78. The minimum absolute atomic E-state index is 0.0998. The van der Waals surface area contributed by atoms with E-state index < -0.39 is 10.1 Å². The van der Waals surface area contributed by atoms with Gasteiger partial charge in [-0.25, -0.2) is 0 Å². The Morgan fingerprint density at radius 2 is 1.62 bits per heavy atom. The Kier molecular flexibility index (Phi) is 7.28. The van der Waals surface area contributed by atoms with Crippen LogP contribution in [-0.2, 0) is 14.3 Å². The van der Waals surface area contributed by atoms with E-state index in [1.807, 2.05) is 0 Å². The minimum atomic E-state index is -3.32. The van der Waals surface area contributed by atoms with E-state index >= 15 is 0 Å². The molecule has 13 heavy (non-hydrogen) atoms. The number of hydrogen-bond donors (Lipinski definition) is 0.